The first kappa shape index (κ1) is 22.6. The van der Waals surface area contributed by atoms with Crippen LogP contribution < -0.4 is 5.73 Å². The van der Waals surface area contributed by atoms with E-state index in [-0.39, 0.29) is 37.7 Å². The fraction of sp³-hybridized carbons (Fsp3) is 0.222. The maximum absolute atomic E-state index is 13.5. The van der Waals surface area contributed by atoms with E-state index in [1.165, 1.54) is 17.0 Å². The number of hydrogen-bond acceptors (Lipinski definition) is 3. The number of amides is 1. The third-order valence-corrected chi connectivity index (χ3v) is 7.48. The van der Waals surface area contributed by atoms with E-state index in [1.54, 1.807) is 35.6 Å². The zero-order chi connectivity index (χ0) is 23.9. The summed E-state index contributed by atoms with van der Waals surface area (Å²) >= 11 is 1.63. The minimum atomic E-state index is -2.69. The number of alkyl halides is 2. The maximum Gasteiger partial charge on any atom is 0.253 e. The Labute approximate surface area is 199 Å². The summed E-state index contributed by atoms with van der Waals surface area (Å²) in [5, 5.41) is 1.05. The van der Waals surface area contributed by atoms with Crippen molar-refractivity contribution in [3.05, 3.63) is 83.0 Å². The normalized spacial score (nSPS) is 15.6. The Balaban J connectivity index is 1.48. The number of fused-ring (bicyclic) bond motifs is 1. The van der Waals surface area contributed by atoms with Crippen LogP contribution in [0.1, 0.15) is 28.1 Å². The zero-order valence-corrected chi connectivity index (χ0v) is 19.2. The van der Waals surface area contributed by atoms with Gasteiger partial charge in [0.1, 0.15) is 5.82 Å². The van der Waals surface area contributed by atoms with Gasteiger partial charge in [0.2, 0.25) is 0 Å². The van der Waals surface area contributed by atoms with Gasteiger partial charge in [-0.1, -0.05) is 24.3 Å². The van der Waals surface area contributed by atoms with Gasteiger partial charge in [0.15, 0.2) is 0 Å². The van der Waals surface area contributed by atoms with Crippen LogP contribution in [0, 0.1) is 5.82 Å². The largest absolute Gasteiger partial charge is 0.338 e. The van der Waals surface area contributed by atoms with E-state index < -0.39 is 5.92 Å². The molecule has 0 spiro atoms. The number of piperidine rings is 1. The van der Waals surface area contributed by atoms with Crippen molar-refractivity contribution in [1.29, 1.82) is 0 Å². The number of rotatable bonds is 4. The van der Waals surface area contributed by atoms with Gasteiger partial charge < -0.3 is 10.6 Å². The van der Waals surface area contributed by atoms with Crippen LogP contribution >= 0.6 is 11.3 Å². The van der Waals surface area contributed by atoms with E-state index in [1.807, 2.05) is 12.1 Å². The molecule has 5 rings (SSSR count). The molecule has 4 aromatic rings. The average molecular weight is 481 g/mol. The van der Waals surface area contributed by atoms with Gasteiger partial charge in [-0.2, -0.15) is 0 Å². The van der Waals surface area contributed by atoms with E-state index in [2.05, 4.69) is 18.2 Å². The van der Waals surface area contributed by atoms with Crippen LogP contribution in [0.25, 0.3) is 32.3 Å². The molecule has 0 aliphatic carbocycles. The number of likely N-dealkylation sites (tertiary alicyclic amines) is 1. The highest BCUT2D eigenvalue weighted by Gasteiger charge is 2.35. The van der Waals surface area contributed by atoms with Crippen molar-refractivity contribution < 1.29 is 18.0 Å². The van der Waals surface area contributed by atoms with E-state index in [4.69, 9.17) is 5.73 Å². The Morgan fingerprint density at radius 3 is 2.21 bits per heavy atom. The number of hydrogen-bond donors (Lipinski definition) is 1. The van der Waals surface area contributed by atoms with Crippen LogP contribution in [-0.4, -0.2) is 29.8 Å². The Morgan fingerprint density at radius 2 is 1.56 bits per heavy atom. The predicted molar refractivity (Wildman–Crippen MR) is 131 cm³/mol. The Morgan fingerprint density at radius 1 is 0.912 bits per heavy atom. The molecule has 0 atom stereocenters. The number of halogens is 3. The molecule has 0 radical (unpaired) electrons. The third-order valence-electron chi connectivity index (χ3n) is 6.27. The first-order valence-electron chi connectivity index (χ1n) is 11.1. The summed E-state index contributed by atoms with van der Waals surface area (Å²) < 4.78 is 41.5. The first-order chi connectivity index (χ1) is 16.3. The molecule has 1 aromatic heterocycles. The molecule has 3 nitrogen and oxygen atoms in total. The molecule has 34 heavy (non-hydrogen) atoms. The smallest absolute Gasteiger partial charge is 0.253 e. The van der Waals surface area contributed by atoms with Crippen LogP contribution in [0.15, 0.2) is 66.7 Å². The summed E-state index contributed by atoms with van der Waals surface area (Å²) in [5.41, 5.74) is 10.1. The molecule has 1 aliphatic heterocycles. The number of nitrogens with zero attached hydrogens (tertiary/aromatic N) is 1. The summed E-state index contributed by atoms with van der Waals surface area (Å²) in [6.45, 7) is 0.566. The van der Waals surface area contributed by atoms with Crippen LogP contribution in [0.5, 0.6) is 0 Å². The molecular weight excluding hydrogens is 457 g/mol. The van der Waals surface area contributed by atoms with Crippen molar-refractivity contribution in [2.45, 2.75) is 25.3 Å². The van der Waals surface area contributed by atoms with Crippen molar-refractivity contribution in [1.82, 2.24) is 4.90 Å². The van der Waals surface area contributed by atoms with E-state index in [0.29, 0.717) is 12.1 Å². The van der Waals surface area contributed by atoms with Gasteiger partial charge >= 0.3 is 0 Å². The molecular formula is C27H23F3N2OS. The highest BCUT2D eigenvalue weighted by Crippen LogP contribution is 2.39. The number of nitrogens with two attached hydrogens (primary N) is 1. The van der Waals surface area contributed by atoms with Crippen molar-refractivity contribution in [2.24, 2.45) is 5.73 Å². The van der Waals surface area contributed by atoms with Crippen molar-refractivity contribution in [3.63, 3.8) is 0 Å². The second-order valence-corrected chi connectivity index (χ2v) is 9.73. The molecule has 0 bridgehead atoms. The Hall–Kier alpha value is -3.16. The monoisotopic (exact) mass is 480 g/mol. The third kappa shape index (κ3) is 4.45. The lowest BCUT2D eigenvalue weighted by molar-refractivity contribution is -0.0494. The van der Waals surface area contributed by atoms with Crippen molar-refractivity contribution in [3.8, 4) is 22.3 Å². The number of thiophene rings is 1. The zero-order valence-electron chi connectivity index (χ0n) is 18.4. The van der Waals surface area contributed by atoms with Gasteiger partial charge in [0.05, 0.1) is 0 Å². The number of benzene rings is 3. The topological polar surface area (TPSA) is 46.3 Å². The molecule has 2 N–H and O–H groups in total. The van der Waals surface area contributed by atoms with Gasteiger partial charge in [0.25, 0.3) is 11.8 Å². The average Bonchev–Trinajstić information content (AvgIpc) is 3.27. The fourth-order valence-electron chi connectivity index (χ4n) is 4.34. The van der Waals surface area contributed by atoms with Crippen LogP contribution in [0.2, 0.25) is 0 Å². The Kier molecular flexibility index (Phi) is 5.91. The van der Waals surface area contributed by atoms with Gasteiger partial charge in [-0.3, -0.25) is 4.79 Å². The number of carbonyl (C=O) groups is 1. The second kappa shape index (κ2) is 8.89. The summed E-state index contributed by atoms with van der Waals surface area (Å²) in [6.07, 6.45) is -0.594. The van der Waals surface area contributed by atoms with E-state index >= 15 is 0 Å². The second-order valence-electron chi connectivity index (χ2n) is 8.59. The van der Waals surface area contributed by atoms with E-state index in [0.717, 1.165) is 37.2 Å². The molecule has 1 saturated heterocycles. The van der Waals surface area contributed by atoms with Crippen LogP contribution in [0.3, 0.4) is 0 Å². The quantitative estimate of drug-likeness (QED) is 0.353. The molecule has 0 unspecified atom stereocenters. The number of carbonyl (C=O) groups excluding carboxylic acids is 1. The van der Waals surface area contributed by atoms with Crippen molar-refractivity contribution in [2.75, 3.05) is 13.1 Å². The summed E-state index contributed by atoms with van der Waals surface area (Å²) in [4.78, 5) is 15.3. The van der Waals surface area contributed by atoms with Crippen LogP contribution in [0.4, 0.5) is 13.2 Å². The molecule has 3 aromatic carbocycles. The van der Waals surface area contributed by atoms with Gasteiger partial charge in [0, 0.05) is 53.2 Å². The molecule has 1 fully saturated rings. The minimum absolute atomic E-state index is 0.0624. The predicted octanol–water partition coefficient (Wildman–Crippen LogP) is 6.70. The van der Waals surface area contributed by atoms with Crippen LogP contribution in [-0.2, 0) is 6.54 Å². The molecule has 7 heteroatoms. The standard InChI is InChI=1S/C27H23F3N2OS/c28-22-7-5-18(6-8-22)24-15-20(13-21-14-23(16-31)34-25(21)24)17-1-3-19(4-2-17)26(33)32-11-9-27(29,30)10-12-32/h1-8,13-15H,9-12,16,31H2. The highest BCUT2D eigenvalue weighted by molar-refractivity contribution is 7.19. The lowest BCUT2D eigenvalue weighted by atomic mass is 9.96. The summed E-state index contributed by atoms with van der Waals surface area (Å²) in [6, 6.07) is 19.9. The minimum Gasteiger partial charge on any atom is -0.338 e. The molecule has 174 valence electrons. The van der Waals surface area contributed by atoms with Gasteiger partial charge in [-0.05, 0) is 64.5 Å². The molecule has 1 amide bonds. The van der Waals surface area contributed by atoms with Gasteiger partial charge in [-0.15, -0.1) is 11.3 Å². The van der Waals surface area contributed by atoms with Crippen molar-refractivity contribution >= 4 is 27.3 Å². The first-order valence-corrected chi connectivity index (χ1v) is 11.9. The molecule has 1 aliphatic rings. The molecule has 0 saturated carbocycles. The fourth-order valence-corrected chi connectivity index (χ4v) is 5.40. The Bertz CT molecular complexity index is 1340. The highest BCUT2D eigenvalue weighted by atomic mass is 32.1. The summed E-state index contributed by atoms with van der Waals surface area (Å²) in [5.74, 6) is -3.20. The van der Waals surface area contributed by atoms with E-state index in [9.17, 15) is 18.0 Å². The summed E-state index contributed by atoms with van der Waals surface area (Å²) in [7, 11) is 0. The molecule has 2 heterocycles. The lowest BCUT2D eigenvalue weighted by Gasteiger charge is -2.31. The van der Waals surface area contributed by atoms with Gasteiger partial charge in [-0.25, -0.2) is 13.2 Å². The lowest BCUT2D eigenvalue weighted by Crippen LogP contribution is -2.42. The SMILES string of the molecule is NCc1cc2cc(-c3ccc(C(=O)N4CCC(F)(F)CC4)cc3)cc(-c3ccc(F)cc3)c2s1. The maximum atomic E-state index is 13.5.